The highest BCUT2D eigenvalue weighted by Crippen LogP contribution is 1.98. The van der Waals surface area contributed by atoms with E-state index >= 15 is 0 Å². The minimum Gasteiger partial charge on any atom is -0.478 e. The van der Waals surface area contributed by atoms with Crippen molar-refractivity contribution < 1.29 is 29.3 Å². The minimum atomic E-state index is -1.41. The average molecular weight is 200 g/mol. The van der Waals surface area contributed by atoms with Gasteiger partial charge in [-0.25, -0.2) is 14.4 Å². The second-order valence-electron chi connectivity index (χ2n) is 2.10. The van der Waals surface area contributed by atoms with Gasteiger partial charge in [-0.15, -0.1) is 0 Å². The van der Waals surface area contributed by atoms with Crippen LogP contribution < -0.4 is 0 Å². The van der Waals surface area contributed by atoms with Crippen LogP contribution >= 0.6 is 0 Å². The highest BCUT2D eigenvalue weighted by molar-refractivity contribution is 5.98. The molecule has 0 radical (unpaired) electrons. The first-order valence-corrected chi connectivity index (χ1v) is 3.41. The minimum absolute atomic E-state index is 0.459. The molecule has 6 heteroatoms. The maximum atomic E-state index is 10.6. The van der Waals surface area contributed by atoms with E-state index in [4.69, 9.17) is 10.2 Å². The molecule has 6 nitrogen and oxygen atoms in total. The quantitative estimate of drug-likeness (QED) is 0.370. The Morgan fingerprint density at radius 1 is 1.14 bits per heavy atom. The third kappa shape index (κ3) is 4.70. The summed E-state index contributed by atoms with van der Waals surface area (Å²) in [5.74, 6) is -3.58. The number of hydrogen-bond acceptors (Lipinski definition) is 4. The Labute approximate surface area is 79.1 Å². The molecule has 0 aliphatic carbocycles. The third-order valence-corrected chi connectivity index (χ3v) is 1.13. The van der Waals surface area contributed by atoms with Crippen LogP contribution in [-0.2, 0) is 19.1 Å². The van der Waals surface area contributed by atoms with E-state index in [9.17, 15) is 14.4 Å². The molecule has 76 valence electrons. The molecule has 0 rings (SSSR count). The summed E-state index contributed by atoms with van der Waals surface area (Å²) in [5, 5.41) is 16.7. The van der Waals surface area contributed by atoms with E-state index in [1.54, 1.807) is 0 Å². The van der Waals surface area contributed by atoms with E-state index in [0.717, 1.165) is 13.2 Å². The molecule has 0 unspecified atom stereocenters. The van der Waals surface area contributed by atoms with Crippen LogP contribution in [0.25, 0.3) is 0 Å². The molecule has 0 aromatic carbocycles. The maximum absolute atomic E-state index is 10.6. The second-order valence-corrected chi connectivity index (χ2v) is 2.10. The molecule has 0 aromatic rings. The number of carboxylic acid groups (broad SMARTS) is 2. The number of aliphatic carboxylic acids is 2. The van der Waals surface area contributed by atoms with Crippen LogP contribution in [-0.4, -0.2) is 35.2 Å². The largest absolute Gasteiger partial charge is 0.478 e. The van der Waals surface area contributed by atoms with E-state index in [1.807, 2.05) is 0 Å². The van der Waals surface area contributed by atoms with Crippen LogP contribution in [0.4, 0.5) is 0 Å². The van der Waals surface area contributed by atoms with Gasteiger partial charge in [-0.2, -0.15) is 0 Å². The van der Waals surface area contributed by atoms with E-state index < -0.39 is 23.5 Å². The van der Waals surface area contributed by atoms with E-state index in [1.165, 1.54) is 0 Å². The van der Waals surface area contributed by atoms with Gasteiger partial charge in [0.2, 0.25) is 0 Å². The third-order valence-electron chi connectivity index (χ3n) is 1.13. The molecule has 0 aromatic heterocycles. The van der Waals surface area contributed by atoms with E-state index in [2.05, 4.69) is 4.74 Å². The van der Waals surface area contributed by atoms with Gasteiger partial charge in [0.05, 0.1) is 12.7 Å². The Kier molecular flexibility index (Phi) is 4.69. The number of carbonyl (C=O) groups is 3. The number of carboxylic acids is 2. The van der Waals surface area contributed by atoms with Crippen molar-refractivity contribution in [1.29, 1.82) is 0 Å². The Morgan fingerprint density at radius 3 is 2.07 bits per heavy atom. The highest BCUT2D eigenvalue weighted by atomic mass is 16.5. The van der Waals surface area contributed by atoms with E-state index in [0.29, 0.717) is 12.2 Å². The van der Waals surface area contributed by atoms with Crippen molar-refractivity contribution in [3.8, 4) is 0 Å². The van der Waals surface area contributed by atoms with Crippen LogP contribution in [0.2, 0.25) is 0 Å². The smallest absolute Gasteiger partial charge is 0.335 e. The van der Waals surface area contributed by atoms with Gasteiger partial charge < -0.3 is 14.9 Å². The summed E-state index contributed by atoms with van der Waals surface area (Å²) in [4.78, 5) is 31.1. The van der Waals surface area contributed by atoms with Crippen LogP contribution in [0.5, 0.6) is 0 Å². The number of carbonyl (C=O) groups excluding carboxylic acids is 1. The van der Waals surface area contributed by atoms with Gasteiger partial charge in [0.25, 0.3) is 0 Å². The predicted octanol–water partition coefficient (Wildman–Crippen LogP) is -0.189. The highest BCUT2D eigenvalue weighted by Gasteiger charge is 2.06. The first-order valence-electron chi connectivity index (χ1n) is 3.41. The van der Waals surface area contributed by atoms with Crippen molar-refractivity contribution in [2.24, 2.45) is 0 Å². The summed E-state index contributed by atoms with van der Waals surface area (Å²) >= 11 is 0. The van der Waals surface area contributed by atoms with Crippen LogP contribution in [0, 0.1) is 0 Å². The normalized spacial score (nSPS) is 11.4. The van der Waals surface area contributed by atoms with Crippen LogP contribution in [0.1, 0.15) is 0 Å². The second kappa shape index (κ2) is 5.52. The van der Waals surface area contributed by atoms with Crippen molar-refractivity contribution in [2.45, 2.75) is 0 Å². The topological polar surface area (TPSA) is 101 Å². The van der Waals surface area contributed by atoms with Gasteiger partial charge in [0.1, 0.15) is 0 Å². The van der Waals surface area contributed by atoms with Crippen LogP contribution in [0.15, 0.2) is 23.8 Å². The van der Waals surface area contributed by atoms with Crippen molar-refractivity contribution in [3.05, 3.63) is 23.8 Å². The fourth-order valence-corrected chi connectivity index (χ4v) is 0.528. The molecule has 14 heavy (non-hydrogen) atoms. The number of ether oxygens (including phenoxy) is 1. The molecule has 2 N–H and O–H groups in total. The summed E-state index contributed by atoms with van der Waals surface area (Å²) in [5.41, 5.74) is -0.459. The monoisotopic (exact) mass is 200 g/mol. The predicted molar refractivity (Wildman–Crippen MR) is 44.5 cm³/mol. The molecule has 0 fully saturated rings. The zero-order valence-electron chi connectivity index (χ0n) is 7.26. The fourth-order valence-electron chi connectivity index (χ4n) is 0.528. The molecule has 0 atom stereocenters. The molecular weight excluding hydrogens is 192 g/mol. The van der Waals surface area contributed by atoms with Crippen molar-refractivity contribution >= 4 is 17.9 Å². The average Bonchev–Trinajstić information content (AvgIpc) is 2.10. The van der Waals surface area contributed by atoms with Crippen LogP contribution in [0.3, 0.4) is 0 Å². The molecule has 0 bridgehead atoms. The lowest BCUT2D eigenvalue weighted by Gasteiger charge is -1.93. The molecule has 0 aliphatic heterocycles. The number of rotatable bonds is 4. The van der Waals surface area contributed by atoms with Gasteiger partial charge >= 0.3 is 17.9 Å². The first kappa shape index (κ1) is 11.9. The van der Waals surface area contributed by atoms with Gasteiger partial charge in [-0.05, 0) is 6.08 Å². The lowest BCUT2D eigenvalue weighted by molar-refractivity contribution is -0.136. The Balaban J connectivity index is 4.78. The van der Waals surface area contributed by atoms with Crippen molar-refractivity contribution in [1.82, 2.24) is 0 Å². The lowest BCUT2D eigenvalue weighted by Crippen LogP contribution is -2.04. The summed E-state index contributed by atoms with van der Waals surface area (Å²) in [6.07, 6.45) is 2.09. The SMILES string of the molecule is COC(=O)C=C(C=CC(=O)O)C(=O)O. The molecule has 0 heterocycles. The standard InChI is InChI=1S/C8H8O6/c1-14-7(11)4-5(8(12)13)2-3-6(9)10/h2-4H,1H3,(H,9,10)(H,12,13). The lowest BCUT2D eigenvalue weighted by atomic mass is 10.2. The number of esters is 1. The summed E-state index contributed by atoms with van der Waals surface area (Å²) in [6, 6.07) is 0. The molecule has 0 amide bonds. The number of methoxy groups -OCH3 is 1. The zero-order valence-corrected chi connectivity index (χ0v) is 7.26. The van der Waals surface area contributed by atoms with Crippen molar-refractivity contribution in [2.75, 3.05) is 7.11 Å². The Hall–Kier alpha value is -2.11. The van der Waals surface area contributed by atoms with Crippen molar-refractivity contribution in [3.63, 3.8) is 0 Å². The summed E-state index contributed by atoms with van der Waals surface area (Å²) in [6.45, 7) is 0. The summed E-state index contributed by atoms with van der Waals surface area (Å²) in [7, 11) is 1.08. The molecular formula is C8H8O6. The molecule has 0 saturated heterocycles. The fraction of sp³-hybridized carbons (Fsp3) is 0.125. The van der Waals surface area contributed by atoms with Gasteiger partial charge in [-0.1, -0.05) is 0 Å². The Morgan fingerprint density at radius 2 is 1.71 bits per heavy atom. The zero-order chi connectivity index (χ0) is 11.1. The van der Waals surface area contributed by atoms with Gasteiger partial charge in [0, 0.05) is 12.2 Å². The van der Waals surface area contributed by atoms with Gasteiger partial charge in [-0.3, -0.25) is 0 Å². The molecule has 0 spiro atoms. The van der Waals surface area contributed by atoms with Gasteiger partial charge in [0.15, 0.2) is 0 Å². The number of hydrogen-bond donors (Lipinski definition) is 2. The maximum Gasteiger partial charge on any atom is 0.335 e. The van der Waals surface area contributed by atoms with E-state index in [-0.39, 0.29) is 0 Å². The Bertz CT molecular complexity index is 312. The summed E-state index contributed by atoms with van der Waals surface area (Å²) < 4.78 is 4.18. The molecule has 0 aliphatic rings. The molecule has 0 saturated carbocycles. The first-order chi connectivity index (χ1) is 6.47.